The summed E-state index contributed by atoms with van der Waals surface area (Å²) in [5.41, 5.74) is 2.95. The summed E-state index contributed by atoms with van der Waals surface area (Å²) in [6, 6.07) is 11.7. The lowest BCUT2D eigenvalue weighted by molar-refractivity contribution is -0.143. The molecule has 146 valence electrons. The lowest BCUT2D eigenvalue weighted by atomic mass is 9.85. The molecule has 1 aliphatic carbocycles. The van der Waals surface area contributed by atoms with Crippen molar-refractivity contribution in [1.29, 1.82) is 0 Å². The van der Waals surface area contributed by atoms with Gasteiger partial charge in [-0.2, -0.15) is 0 Å². The van der Waals surface area contributed by atoms with Crippen LogP contribution in [0.15, 0.2) is 54.6 Å². The predicted molar refractivity (Wildman–Crippen MR) is 106 cm³/mol. The quantitative estimate of drug-likeness (QED) is 0.627. The van der Waals surface area contributed by atoms with E-state index in [1.807, 2.05) is 44.2 Å². The summed E-state index contributed by atoms with van der Waals surface area (Å²) in [5, 5.41) is 2.99. The van der Waals surface area contributed by atoms with Crippen LogP contribution in [0, 0.1) is 25.6 Å². The number of halogens is 1. The van der Waals surface area contributed by atoms with E-state index in [4.69, 9.17) is 4.74 Å². The number of rotatable bonds is 5. The van der Waals surface area contributed by atoms with Crippen molar-refractivity contribution in [2.45, 2.75) is 32.2 Å². The Labute approximate surface area is 164 Å². The molecule has 2 aromatic carbocycles. The molecule has 1 N–H and O–H groups in total. The highest BCUT2D eigenvalue weighted by atomic mass is 19.1. The van der Waals surface area contributed by atoms with E-state index in [-0.39, 0.29) is 17.9 Å². The van der Waals surface area contributed by atoms with Crippen LogP contribution in [0.2, 0.25) is 0 Å². The average molecular weight is 381 g/mol. The molecule has 0 fully saturated rings. The second-order valence-electron chi connectivity index (χ2n) is 7.21. The lowest BCUT2D eigenvalue weighted by Crippen LogP contribution is -2.34. The first-order valence-corrected chi connectivity index (χ1v) is 9.29. The number of nitrogens with one attached hydrogen (secondary N) is 1. The smallest absolute Gasteiger partial charge is 0.313 e. The first-order valence-electron chi connectivity index (χ1n) is 9.29. The van der Waals surface area contributed by atoms with Crippen molar-refractivity contribution in [2.75, 3.05) is 7.11 Å². The molecule has 0 aliphatic heterocycles. The van der Waals surface area contributed by atoms with Gasteiger partial charge in [0.05, 0.1) is 13.0 Å². The summed E-state index contributed by atoms with van der Waals surface area (Å²) in [5.74, 6) is -2.08. The first kappa shape index (κ1) is 19.8. The fourth-order valence-corrected chi connectivity index (χ4v) is 3.78. The number of hydrogen-bond acceptors (Lipinski definition) is 3. The molecule has 0 aromatic heterocycles. The Hall–Kier alpha value is -2.95. The minimum absolute atomic E-state index is 0.159. The van der Waals surface area contributed by atoms with Gasteiger partial charge in [0.2, 0.25) is 0 Å². The van der Waals surface area contributed by atoms with Crippen molar-refractivity contribution < 1.29 is 18.7 Å². The Kier molecular flexibility index (Phi) is 5.93. The molecule has 0 bridgehead atoms. The molecule has 0 saturated heterocycles. The van der Waals surface area contributed by atoms with Crippen molar-refractivity contribution in [3.63, 3.8) is 0 Å². The van der Waals surface area contributed by atoms with E-state index in [9.17, 15) is 14.0 Å². The predicted octanol–water partition coefficient (Wildman–Crippen LogP) is 4.07. The van der Waals surface area contributed by atoms with E-state index >= 15 is 0 Å². The first-order chi connectivity index (χ1) is 13.4. The third-order valence-electron chi connectivity index (χ3n) is 5.18. The highest BCUT2D eigenvalue weighted by Gasteiger charge is 2.35. The van der Waals surface area contributed by atoms with Gasteiger partial charge >= 0.3 is 5.97 Å². The molecule has 3 unspecified atom stereocenters. The van der Waals surface area contributed by atoms with Crippen molar-refractivity contribution in [3.8, 4) is 0 Å². The fourth-order valence-electron chi connectivity index (χ4n) is 3.78. The van der Waals surface area contributed by atoms with Gasteiger partial charge in [-0.15, -0.1) is 0 Å². The van der Waals surface area contributed by atoms with E-state index in [1.165, 1.54) is 13.2 Å². The van der Waals surface area contributed by atoms with Crippen molar-refractivity contribution in [1.82, 2.24) is 5.32 Å². The summed E-state index contributed by atoms with van der Waals surface area (Å²) >= 11 is 0. The monoisotopic (exact) mass is 381 g/mol. The van der Waals surface area contributed by atoms with Crippen LogP contribution in [-0.4, -0.2) is 25.0 Å². The van der Waals surface area contributed by atoms with Crippen LogP contribution in [0.4, 0.5) is 4.39 Å². The number of esters is 1. The average Bonchev–Trinajstić information content (AvgIpc) is 3.11. The van der Waals surface area contributed by atoms with Crippen LogP contribution in [0.3, 0.4) is 0 Å². The van der Waals surface area contributed by atoms with Crippen LogP contribution in [-0.2, 0) is 9.53 Å². The zero-order chi connectivity index (χ0) is 20.3. The van der Waals surface area contributed by atoms with Crippen molar-refractivity contribution in [3.05, 3.63) is 82.7 Å². The Morgan fingerprint density at radius 1 is 1.14 bits per heavy atom. The molecule has 0 heterocycles. The Bertz CT molecular complexity index is 922. The number of ether oxygens (including phenoxy) is 1. The molecular formula is C23H24FNO3. The highest BCUT2D eigenvalue weighted by molar-refractivity contribution is 5.96. The highest BCUT2D eigenvalue weighted by Crippen LogP contribution is 2.35. The molecular weight excluding hydrogens is 357 g/mol. The molecule has 5 heteroatoms. The molecule has 3 atom stereocenters. The van der Waals surface area contributed by atoms with E-state index in [0.717, 1.165) is 11.1 Å². The van der Waals surface area contributed by atoms with E-state index in [1.54, 1.807) is 18.2 Å². The topological polar surface area (TPSA) is 55.4 Å². The van der Waals surface area contributed by atoms with Gasteiger partial charge in [-0.05, 0) is 43.9 Å². The molecule has 1 amide bonds. The van der Waals surface area contributed by atoms with Crippen molar-refractivity contribution >= 4 is 11.9 Å². The number of benzene rings is 2. The second kappa shape index (κ2) is 8.38. The maximum absolute atomic E-state index is 14.3. The van der Waals surface area contributed by atoms with Crippen LogP contribution in [0.25, 0.3) is 0 Å². The second-order valence-corrected chi connectivity index (χ2v) is 7.21. The van der Waals surface area contributed by atoms with Crippen molar-refractivity contribution in [2.24, 2.45) is 5.92 Å². The van der Waals surface area contributed by atoms with Crippen LogP contribution >= 0.6 is 0 Å². The molecule has 3 rings (SSSR count). The fraction of sp³-hybridized carbons (Fsp3) is 0.304. The van der Waals surface area contributed by atoms with Gasteiger partial charge in [0.1, 0.15) is 5.82 Å². The lowest BCUT2D eigenvalue weighted by Gasteiger charge is -2.22. The van der Waals surface area contributed by atoms with Gasteiger partial charge in [0, 0.05) is 17.2 Å². The zero-order valence-electron chi connectivity index (χ0n) is 16.2. The third kappa shape index (κ3) is 4.14. The number of carbonyl (C=O) groups is 2. The van der Waals surface area contributed by atoms with Gasteiger partial charge in [-0.25, -0.2) is 4.39 Å². The normalized spacial score (nSPS) is 19.3. The van der Waals surface area contributed by atoms with Gasteiger partial charge < -0.3 is 10.1 Å². The van der Waals surface area contributed by atoms with Gasteiger partial charge in [0.15, 0.2) is 0 Å². The molecule has 1 aliphatic rings. The minimum atomic E-state index is -0.745. The van der Waals surface area contributed by atoms with Crippen LogP contribution < -0.4 is 5.32 Å². The number of aryl methyl sites for hydroxylation is 2. The molecule has 0 saturated carbocycles. The zero-order valence-corrected chi connectivity index (χ0v) is 16.2. The number of carbonyl (C=O) groups excluding carboxylic acids is 2. The van der Waals surface area contributed by atoms with Gasteiger partial charge in [-0.1, -0.05) is 48.0 Å². The molecule has 28 heavy (non-hydrogen) atoms. The summed E-state index contributed by atoms with van der Waals surface area (Å²) in [7, 11) is 1.30. The molecule has 2 aromatic rings. The largest absolute Gasteiger partial charge is 0.469 e. The summed E-state index contributed by atoms with van der Waals surface area (Å²) in [6.45, 7) is 3.88. The number of allylic oxidation sites excluding steroid dienone is 1. The number of amides is 1. The Morgan fingerprint density at radius 3 is 2.57 bits per heavy atom. The van der Waals surface area contributed by atoms with Gasteiger partial charge in [0.25, 0.3) is 5.91 Å². The maximum atomic E-state index is 14.3. The van der Waals surface area contributed by atoms with E-state index in [2.05, 4.69) is 5.32 Å². The number of hydrogen-bond donors (Lipinski definition) is 1. The Morgan fingerprint density at radius 2 is 1.89 bits per heavy atom. The standard InChI is InChI=1S/C23H24FNO3/c1-14-8-11-18(15(2)12-14)22(26)25-17-10-9-16(13-17)21(23(27)28-3)19-6-4-5-7-20(19)24/h4-12,16-17,21H,13H2,1-3H3,(H,25,26). The number of methoxy groups -OCH3 is 1. The van der Waals surface area contributed by atoms with E-state index < -0.39 is 17.7 Å². The van der Waals surface area contributed by atoms with E-state index in [0.29, 0.717) is 17.5 Å². The summed E-state index contributed by atoms with van der Waals surface area (Å²) < 4.78 is 19.2. The van der Waals surface area contributed by atoms with Crippen LogP contribution in [0.5, 0.6) is 0 Å². The summed E-state index contributed by atoms with van der Waals surface area (Å²) in [4.78, 5) is 25.0. The molecule has 4 nitrogen and oxygen atoms in total. The minimum Gasteiger partial charge on any atom is -0.469 e. The molecule has 0 radical (unpaired) electrons. The third-order valence-corrected chi connectivity index (χ3v) is 5.18. The van der Waals surface area contributed by atoms with Gasteiger partial charge in [-0.3, -0.25) is 9.59 Å². The maximum Gasteiger partial charge on any atom is 0.313 e. The SMILES string of the molecule is COC(=O)C(c1ccccc1F)C1C=CC(NC(=O)c2ccc(C)cc2C)C1. The summed E-state index contributed by atoms with van der Waals surface area (Å²) in [6.07, 6.45) is 4.23. The van der Waals surface area contributed by atoms with Crippen LogP contribution in [0.1, 0.15) is 39.4 Å². The Balaban J connectivity index is 1.74. The molecule has 0 spiro atoms.